The largest absolute Gasteiger partial charge is 0.290 e. The van der Waals surface area contributed by atoms with E-state index in [1.807, 2.05) is 20.8 Å². The zero-order valence-electron chi connectivity index (χ0n) is 6.85. The predicted molar refractivity (Wildman–Crippen MR) is 43.8 cm³/mol. The first-order valence-electron chi connectivity index (χ1n) is 3.45. The van der Waals surface area contributed by atoms with E-state index in [0.717, 1.165) is 0 Å². The van der Waals surface area contributed by atoms with E-state index < -0.39 is 0 Å². The number of carbonyl (C=O) groups excluding carboxylic acids is 1. The molecule has 1 heteroatoms. The molecular weight excluding hydrogens is 124 g/mol. The fraction of sp³-hybridized carbons (Fsp3) is 0.444. The van der Waals surface area contributed by atoms with Crippen LogP contribution in [0.3, 0.4) is 0 Å². The Kier molecular flexibility index (Phi) is 3.70. The predicted octanol–water partition coefficient (Wildman–Crippen LogP) is 2.34. The van der Waals surface area contributed by atoms with Crippen LogP contribution in [-0.2, 0) is 4.79 Å². The number of ketones is 1. The lowest BCUT2D eigenvalue weighted by Gasteiger charge is -2.03. The molecule has 0 radical (unpaired) electrons. The molecule has 0 saturated heterocycles. The maximum atomic E-state index is 11.0. The van der Waals surface area contributed by atoms with Gasteiger partial charge in [-0.05, 0) is 24.5 Å². The molecule has 0 aliphatic carbocycles. The van der Waals surface area contributed by atoms with Crippen molar-refractivity contribution >= 4 is 5.78 Å². The molecule has 0 aromatic heterocycles. The van der Waals surface area contributed by atoms with E-state index in [1.165, 1.54) is 0 Å². The van der Waals surface area contributed by atoms with Crippen LogP contribution < -0.4 is 0 Å². The van der Waals surface area contributed by atoms with Gasteiger partial charge in [0.25, 0.3) is 0 Å². The third-order valence-electron chi connectivity index (χ3n) is 1.33. The Morgan fingerprint density at radius 3 is 2.30 bits per heavy atom. The Morgan fingerprint density at radius 2 is 2.00 bits per heavy atom. The molecule has 0 heterocycles. The lowest BCUT2D eigenvalue weighted by molar-refractivity contribution is -0.111. The molecule has 0 atom stereocenters. The summed E-state index contributed by atoms with van der Waals surface area (Å²) >= 11 is 0. The van der Waals surface area contributed by atoms with E-state index in [1.54, 1.807) is 12.2 Å². The highest BCUT2D eigenvalue weighted by atomic mass is 16.1. The summed E-state index contributed by atoms with van der Waals surface area (Å²) in [6.45, 7) is 9.42. The summed E-state index contributed by atoms with van der Waals surface area (Å²) in [5.41, 5.74) is 0.679. The van der Waals surface area contributed by atoms with Crippen LogP contribution in [0, 0.1) is 5.92 Å². The van der Waals surface area contributed by atoms with Gasteiger partial charge in [-0.2, -0.15) is 0 Å². The number of rotatable bonds is 3. The first-order valence-corrected chi connectivity index (χ1v) is 3.45. The van der Waals surface area contributed by atoms with Crippen LogP contribution in [0.15, 0.2) is 24.3 Å². The molecule has 0 N–H and O–H groups in total. The molecule has 0 bridgehead atoms. The Hall–Kier alpha value is -0.850. The second kappa shape index (κ2) is 4.04. The molecular formula is C9H14O. The standard InChI is InChI=1S/C9H14O/c1-5-6-9(10)8(4)7(2)3/h5-7H,4H2,1-3H3/b6-5+. The molecule has 0 aliphatic rings. The van der Waals surface area contributed by atoms with Gasteiger partial charge in [0, 0.05) is 0 Å². The van der Waals surface area contributed by atoms with Crippen molar-refractivity contribution in [1.29, 1.82) is 0 Å². The number of carbonyl (C=O) groups is 1. The number of hydrogen-bond donors (Lipinski definition) is 0. The summed E-state index contributed by atoms with van der Waals surface area (Å²) in [6.07, 6.45) is 3.28. The number of hydrogen-bond acceptors (Lipinski definition) is 1. The van der Waals surface area contributed by atoms with E-state index in [-0.39, 0.29) is 11.7 Å². The molecule has 0 spiro atoms. The Morgan fingerprint density at radius 1 is 1.50 bits per heavy atom. The highest BCUT2D eigenvalue weighted by Gasteiger charge is 2.05. The molecule has 0 amide bonds. The molecule has 0 saturated carbocycles. The van der Waals surface area contributed by atoms with Gasteiger partial charge in [0.1, 0.15) is 0 Å². The molecule has 0 aromatic carbocycles. The van der Waals surface area contributed by atoms with E-state index in [0.29, 0.717) is 5.57 Å². The number of allylic oxidation sites excluding steroid dienone is 3. The molecule has 56 valence electrons. The van der Waals surface area contributed by atoms with Gasteiger partial charge >= 0.3 is 0 Å². The summed E-state index contributed by atoms with van der Waals surface area (Å²) in [7, 11) is 0. The molecule has 0 unspecified atom stereocenters. The maximum Gasteiger partial charge on any atom is 0.181 e. The van der Waals surface area contributed by atoms with Gasteiger partial charge < -0.3 is 0 Å². The highest BCUT2D eigenvalue weighted by Crippen LogP contribution is 2.07. The van der Waals surface area contributed by atoms with Crippen molar-refractivity contribution in [3.05, 3.63) is 24.3 Å². The quantitative estimate of drug-likeness (QED) is 0.547. The third-order valence-corrected chi connectivity index (χ3v) is 1.33. The van der Waals surface area contributed by atoms with Gasteiger partial charge in [-0.25, -0.2) is 0 Å². The van der Waals surface area contributed by atoms with Crippen LogP contribution in [0.4, 0.5) is 0 Å². The molecule has 0 aromatic rings. The second-order valence-corrected chi connectivity index (χ2v) is 2.54. The average molecular weight is 138 g/mol. The van der Waals surface area contributed by atoms with Crippen LogP contribution in [0.25, 0.3) is 0 Å². The lowest BCUT2D eigenvalue weighted by Crippen LogP contribution is -2.03. The van der Waals surface area contributed by atoms with Gasteiger partial charge in [0.2, 0.25) is 0 Å². The molecule has 0 fully saturated rings. The third kappa shape index (κ3) is 2.62. The van der Waals surface area contributed by atoms with E-state index in [4.69, 9.17) is 0 Å². The molecule has 10 heavy (non-hydrogen) atoms. The summed E-state index contributed by atoms with van der Waals surface area (Å²) in [5.74, 6) is 0.293. The second-order valence-electron chi connectivity index (χ2n) is 2.54. The van der Waals surface area contributed by atoms with Crippen molar-refractivity contribution in [3.8, 4) is 0 Å². The zero-order chi connectivity index (χ0) is 8.15. The Bertz CT molecular complexity index is 164. The van der Waals surface area contributed by atoms with Gasteiger partial charge in [0.05, 0.1) is 0 Å². The van der Waals surface area contributed by atoms with Crippen molar-refractivity contribution < 1.29 is 4.79 Å². The smallest absolute Gasteiger partial charge is 0.181 e. The molecule has 1 nitrogen and oxygen atoms in total. The minimum absolute atomic E-state index is 0.0394. The fourth-order valence-electron chi connectivity index (χ4n) is 0.543. The minimum Gasteiger partial charge on any atom is -0.290 e. The molecule has 0 rings (SSSR count). The van der Waals surface area contributed by atoms with Crippen molar-refractivity contribution in [2.45, 2.75) is 20.8 Å². The van der Waals surface area contributed by atoms with Gasteiger partial charge in [-0.1, -0.05) is 26.5 Å². The average Bonchev–Trinajstić information content (AvgIpc) is 1.87. The van der Waals surface area contributed by atoms with Crippen LogP contribution >= 0.6 is 0 Å². The van der Waals surface area contributed by atoms with Crippen molar-refractivity contribution in [1.82, 2.24) is 0 Å². The minimum atomic E-state index is 0.0394. The van der Waals surface area contributed by atoms with Crippen LogP contribution in [0.5, 0.6) is 0 Å². The fourth-order valence-corrected chi connectivity index (χ4v) is 0.543. The maximum absolute atomic E-state index is 11.0. The monoisotopic (exact) mass is 138 g/mol. The summed E-state index contributed by atoms with van der Waals surface area (Å²) in [6, 6.07) is 0. The normalized spacial score (nSPS) is 10.8. The van der Waals surface area contributed by atoms with Crippen LogP contribution in [0.1, 0.15) is 20.8 Å². The van der Waals surface area contributed by atoms with Crippen LogP contribution in [-0.4, -0.2) is 5.78 Å². The van der Waals surface area contributed by atoms with Crippen molar-refractivity contribution in [3.63, 3.8) is 0 Å². The van der Waals surface area contributed by atoms with Gasteiger partial charge in [-0.3, -0.25) is 4.79 Å². The van der Waals surface area contributed by atoms with Crippen LogP contribution in [0.2, 0.25) is 0 Å². The van der Waals surface area contributed by atoms with E-state index in [9.17, 15) is 4.79 Å². The Balaban J connectivity index is 4.09. The van der Waals surface area contributed by atoms with Crippen molar-refractivity contribution in [2.75, 3.05) is 0 Å². The molecule has 0 aliphatic heterocycles. The summed E-state index contributed by atoms with van der Waals surface area (Å²) < 4.78 is 0. The summed E-state index contributed by atoms with van der Waals surface area (Å²) in [5, 5.41) is 0. The zero-order valence-corrected chi connectivity index (χ0v) is 6.85. The van der Waals surface area contributed by atoms with Gasteiger partial charge in [0.15, 0.2) is 5.78 Å². The highest BCUT2D eigenvalue weighted by molar-refractivity contribution is 6.03. The topological polar surface area (TPSA) is 17.1 Å². The lowest BCUT2D eigenvalue weighted by atomic mass is 10.0. The summed E-state index contributed by atoms with van der Waals surface area (Å²) in [4.78, 5) is 11.0. The SMILES string of the molecule is C=C(C(=O)/C=C/C)C(C)C. The first-order chi connectivity index (χ1) is 4.59. The van der Waals surface area contributed by atoms with Gasteiger partial charge in [-0.15, -0.1) is 0 Å². The van der Waals surface area contributed by atoms with E-state index in [2.05, 4.69) is 6.58 Å². The Labute approximate surface area is 62.4 Å². The van der Waals surface area contributed by atoms with E-state index >= 15 is 0 Å². The first kappa shape index (κ1) is 9.15. The van der Waals surface area contributed by atoms with Crippen molar-refractivity contribution in [2.24, 2.45) is 5.92 Å².